The highest BCUT2D eigenvalue weighted by molar-refractivity contribution is 7.90. The van der Waals surface area contributed by atoms with Gasteiger partial charge in [0.15, 0.2) is 11.6 Å². The molecule has 0 aliphatic rings. The number of aromatic nitrogens is 1. The molecule has 0 spiro atoms. The number of pyridine rings is 1. The smallest absolute Gasteiger partial charge is 0.297 e. The Morgan fingerprint density at radius 2 is 2.25 bits per heavy atom. The summed E-state index contributed by atoms with van der Waals surface area (Å²) in [5, 5.41) is 13.7. The number of rotatable bonds is 2. The van der Waals surface area contributed by atoms with Gasteiger partial charge in [-0.2, -0.15) is 8.42 Å². The summed E-state index contributed by atoms with van der Waals surface area (Å²) >= 11 is 0. The van der Waals surface area contributed by atoms with Crippen LogP contribution in [-0.2, 0) is 10.2 Å². The van der Waals surface area contributed by atoms with E-state index in [0.29, 0.717) is 0 Å². The molecule has 0 aliphatic carbocycles. The van der Waals surface area contributed by atoms with Gasteiger partial charge in [-0.3, -0.25) is 4.72 Å². The predicted molar refractivity (Wildman–Crippen MR) is 42.6 cm³/mol. The van der Waals surface area contributed by atoms with Crippen LogP contribution < -0.4 is 9.86 Å². The Morgan fingerprint density at radius 3 is 2.75 bits per heavy atom. The second kappa shape index (κ2) is 2.95. The third-order valence-electron chi connectivity index (χ3n) is 1.03. The van der Waals surface area contributed by atoms with Gasteiger partial charge >= 0.3 is 0 Å². The van der Waals surface area contributed by atoms with E-state index < -0.39 is 10.2 Å². The van der Waals surface area contributed by atoms with Crippen molar-refractivity contribution >= 4 is 16.0 Å². The molecule has 4 N–H and O–H groups in total. The Kier molecular flexibility index (Phi) is 2.15. The first-order valence-electron chi connectivity index (χ1n) is 2.93. The van der Waals surface area contributed by atoms with Crippen LogP contribution >= 0.6 is 0 Å². The van der Waals surface area contributed by atoms with Crippen LogP contribution in [-0.4, -0.2) is 18.5 Å². The molecule has 1 aromatic rings. The summed E-state index contributed by atoms with van der Waals surface area (Å²) in [4.78, 5) is 3.54. The van der Waals surface area contributed by atoms with Crippen LogP contribution in [0.25, 0.3) is 0 Å². The van der Waals surface area contributed by atoms with Crippen molar-refractivity contribution in [2.45, 2.75) is 0 Å². The Bertz CT molecular complexity index is 375. The molecule has 1 heterocycles. The van der Waals surface area contributed by atoms with Gasteiger partial charge in [0.2, 0.25) is 0 Å². The molecule has 6 nitrogen and oxygen atoms in total. The Balaban J connectivity index is 2.98. The highest BCUT2D eigenvalue weighted by atomic mass is 32.2. The minimum Gasteiger partial charge on any atom is -0.504 e. The lowest BCUT2D eigenvalue weighted by molar-refractivity contribution is 0.475. The monoisotopic (exact) mass is 189 g/mol. The van der Waals surface area contributed by atoms with Gasteiger partial charge in [0, 0.05) is 6.20 Å². The van der Waals surface area contributed by atoms with Crippen LogP contribution in [0.5, 0.6) is 5.75 Å². The maximum atomic E-state index is 10.5. The highest BCUT2D eigenvalue weighted by Gasteiger charge is 2.06. The fourth-order valence-electron chi connectivity index (χ4n) is 0.610. The average molecular weight is 189 g/mol. The van der Waals surface area contributed by atoms with Crippen LogP contribution in [0.3, 0.4) is 0 Å². The fraction of sp³-hybridized carbons (Fsp3) is 0. The average Bonchev–Trinajstić information content (AvgIpc) is 1.91. The van der Waals surface area contributed by atoms with E-state index in [0.717, 1.165) is 0 Å². The number of nitrogens with two attached hydrogens (primary N) is 1. The van der Waals surface area contributed by atoms with Gasteiger partial charge < -0.3 is 5.11 Å². The number of nitrogens with one attached hydrogen (secondary N) is 1. The molecule has 12 heavy (non-hydrogen) atoms. The van der Waals surface area contributed by atoms with Crippen LogP contribution in [0.4, 0.5) is 5.82 Å². The number of hydrogen-bond acceptors (Lipinski definition) is 4. The standard InChI is InChI=1S/C5H7N3O3S/c6-12(10,11)8-5-4(9)2-1-3-7-5/h1-3,9H,(H,7,8)(H2,6,10,11). The van der Waals surface area contributed by atoms with Crippen molar-refractivity contribution in [1.82, 2.24) is 4.98 Å². The third kappa shape index (κ3) is 2.36. The van der Waals surface area contributed by atoms with Gasteiger partial charge in [-0.25, -0.2) is 10.1 Å². The summed E-state index contributed by atoms with van der Waals surface area (Å²) in [7, 11) is -3.87. The van der Waals surface area contributed by atoms with Crippen molar-refractivity contribution in [3.8, 4) is 5.75 Å². The first-order chi connectivity index (χ1) is 5.49. The SMILES string of the molecule is NS(=O)(=O)Nc1ncccc1O. The molecular formula is C5H7N3O3S. The minimum absolute atomic E-state index is 0.181. The van der Waals surface area contributed by atoms with E-state index >= 15 is 0 Å². The molecule has 0 radical (unpaired) electrons. The molecule has 0 bridgehead atoms. The fourth-order valence-corrected chi connectivity index (χ4v) is 1.04. The lowest BCUT2D eigenvalue weighted by atomic mass is 10.4. The molecule has 0 aromatic carbocycles. The van der Waals surface area contributed by atoms with Crippen LogP contribution in [0, 0.1) is 0 Å². The lowest BCUT2D eigenvalue weighted by Gasteiger charge is -2.02. The summed E-state index contributed by atoms with van der Waals surface area (Å²) < 4.78 is 22.8. The van der Waals surface area contributed by atoms with E-state index in [2.05, 4.69) is 10.1 Å². The normalized spacial score (nSPS) is 11.1. The van der Waals surface area contributed by atoms with Gasteiger partial charge in [0.1, 0.15) is 0 Å². The van der Waals surface area contributed by atoms with Crippen molar-refractivity contribution < 1.29 is 13.5 Å². The molecule has 0 saturated carbocycles. The summed E-state index contributed by atoms with van der Waals surface area (Å²) in [6.45, 7) is 0. The summed E-state index contributed by atoms with van der Waals surface area (Å²) in [5.41, 5.74) is 0. The van der Waals surface area contributed by atoms with Crippen molar-refractivity contribution in [3.05, 3.63) is 18.3 Å². The van der Waals surface area contributed by atoms with Crippen molar-refractivity contribution in [3.63, 3.8) is 0 Å². The quantitative estimate of drug-likeness (QED) is 0.577. The summed E-state index contributed by atoms with van der Waals surface area (Å²) in [6, 6.07) is 2.75. The molecule has 0 aliphatic heterocycles. The predicted octanol–water partition coefficient (Wildman–Crippen LogP) is -0.597. The maximum Gasteiger partial charge on any atom is 0.297 e. The Labute approximate surface area is 69.2 Å². The Hall–Kier alpha value is -1.34. The van der Waals surface area contributed by atoms with Crippen LogP contribution in [0.15, 0.2) is 18.3 Å². The zero-order chi connectivity index (χ0) is 9.19. The number of anilines is 1. The highest BCUT2D eigenvalue weighted by Crippen LogP contribution is 2.18. The number of nitrogens with zero attached hydrogens (tertiary/aromatic N) is 1. The first-order valence-corrected chi connectivity index (χ1v) is 4.48. The van der Waals surface area contributed by atoms with Gasteiger partial charge in [-0.1, -0.05) is 0 Å². The molecular weight excluding hydrogens is 182 g/mol. The maximum absolute atomic E-state index is 10.5. The van der Waals surface area contributed by atoms with E-state index in [4.69, 9.17) is 5.11 Å². The largest absolute Gasteiger partial charge is 0.504 e. The topological polar surface area (TPSA) is 105 Å². The van der Waals surface area contributed by atoms with E-state index in [9.17, 15) is 8.42 Å². The van der Waals surface area contributed by atoms with E-state index in [1.54, 1.807) is 0 Å². The van der Waals surface area contributed by atoms with Crippen LogP contribution in [0.2, 0.25) is 0 Å². The number of hydrogen-bond donors (Lipinski definition) is 3. The molecule has 0 fully saturated rings. The molecule has 7 heteroatoms. The summed E-state index contributed by atoms with van der Waals surface area (Å²) in [5.74, 6) is -0.452. The van der Waals surface area contributed by atoms with E-state index in [1.807, 2.05) is 4.72 Å². The van der Waals surface area contributed by atoms with Gasteiger partial charge in [-0.15, -0.1) is 0 Å². The van der Waals surface area contributed by atoms with Gasteiger partial charge in [-0.05, 0) is 12.1 Å². The van der Waals surface area contributed by atoms with Crippen molar-refractivity contribution in [2.24, 2.45) is 5.14 Å². The molecule has 0 atom stereocenters. The van der Waals surface area contributed by atoms with Crippen LogP contribution in [0.1, 0.15) is 0 Å². The molecule has 66 valence electrons. The molecule has 1 aromatic heterocycles. The zero-order valence-corrected chi connectivity index (χ0v) is 6.75. The molecule has 0 unspecified atom stereocenters. The minimum atomic E-state index is -3.87. The summed E-state index contributed by atoms with van der Waals surface area (Å²) in [6.07, 6.45) is 1.33. The van der Waals surface area contributed by atoms with Crippen molar-refractivity contribution in [2.75, 3.05) is 4.72 Å². The second-order valence-corrected chi connectivity index (χ2v) is 3.31. The zero-order valence-electron chi connectivity index (χ0n) is 5.93. The lowest BCUT2D eigenvalue weighted by Crippen LogP contribution is -2.22. The Morgan fingerprint density at radius 1 is 1.58 bits per heavy atom. The first kappa shape index (κ1) is 8.75. The molecule has 0 saturated heterocycles. The van der Waals surface area contributed by atoms with Gasteiger partial charge in [0.05, 0.1) is 0 Å². The van der Waals surface area contributed by atoms with E-state index in [1.165, 1.54) is 18.3 Å². The molecule has 0 amide bonds. The molecule has 1 rings (SSSR count). The van der Waals surface area contributed by atoms with Gasteiger partial charge in [0.25, 0.3) is 10.2 Å². The number of aromatic hydroxyl groups is 1. The second-order valence-electron chi connectivity index (χ2n) is 2.02. The van der Waals surface area contributed by atoms with E-state index in [-0.39, 0.29) is 11.6 Å². The third-order valence-corrected chi connectivity index (χ3v) is 1.50. The van der Waals surface area contributed by atoms with Crippen molar-refractivity contribution in [1.29, 1.82) is 0 Å².